The second-order valence-corrected chi connectivity index (χ2v) is 3.45. The number of aromatic nitrogens is 1. The van der Waals surface area contributed by atoms with E-state index < -0.39 is 34.1 Å². The molecule has 84 valence electrons. The molecule has 0 saturated carbocycles. The van der Waals surface area contributed by atoms with Crippen molar-refractivity contribution in [2.45, 2.75) is 12.6 Å². The third kappa shape index (κ3) is 2.55. The second kappa shape index (κ2) is 3.92. The first-order valence-corrected chi connectivity index (χ1v) is 4.34. The van der Waals surface area contributed by atoms with Gasteiger partial charge in [0.15, 0.2) is 5.69 Å². The molecule has 15 heavy (non-hydrogen) atoms. The molecule has 1 aromatic heterocycles. The van der Waals surface area contributed by atoms with Gasteiger partial charge in [0.25, 0.3) is 6.43 Å². The van der Waals surface area contributed by atoms with E-state index in [1.54, 1.807) is 0 Å². The molecule has 0 fully saturated rings. The van der Waals surface area contributed by atoms with Gasteiger partial charge in [-0.2, -0.15) is 13.2 Å². The highest BCUT2D eigenvalue weighted by molar-refractivity contribution is 9.10. The van der Waals surface area contributed by atoms with Gasteiger partial charge in [-0.3, -0.25) is 0 Å². The van der Waals surface area contributed by atoms with Gasteiger partial charge >= 0.3 is 6.18 Å². The summed E-state index contributed by atoms with van der Waals surface area (Å²) in [6.07, 6.45) is -7.69. The first-order valence-electron chi connectivity index (χ1n) is 3.54. The van der Waals surface area contributed by atoms with Crippen molar-refractivity contribution >= 4 is 21.7 Å². The van der Waals surface area contributed by atoms with Crippen LogP contribution in [0.25, 0.3) is 0 Å². The van der Waals surface area contributed by atoms with Crippen molar-refractivity contribution in [1.29, 1.82) is 0 Å². The SMILES string of the molecule is Nc1nc(C(F)(F)F)c(Br)cc1C(F)F. The summed E-state index contributed by atoms with van der Waals surface area (Å²) < 4.78 is 60.5. The van der Waals surface area contributed by atoms with Crippen molar-refractivity contribution in [3.05, 3.63) is 21.8 Å². The van der Waals surface area contributed by atoms with Gasteiger partial charge in [0, 0.05) is 4.47 Å². The smallest absolute Gasteiger partial charge is 0.383 e. The van der Waals surface area contributed by atoms with Crippen molar-refractivity contribution in [1.82, 2.24) is 4.98 Å². The van der Waals surface area contributed by atoms with E-state index in [2.05, 4.69) is 20.9 Å². The summed E-state index contributed by atoms with van der Waals surface area (Å²) in [7, 11) is 0. The fourth-order valence-corrected chi connectivity index (χ4v) is 1.45. The van der Waals surface area contributed by atoms with Crippen LogP contribution in [0.3, 0.4) is 0 Å². The minimum Gasteiger partial charge on any atom is -0.383 e. The van der Waals surface area contributed by atoms with Crippen LogP contribution in [0.5, 0.6) is 0 Å². The fraction of sp³-hybridized carbons (Fsp3) is 0.286. The molecular weight excluding hydrogens is 287 g/mol. The van der Waals surface area contributed by atoms with Crippen LogP contribution in [0.1, 0.15) is 17.7 Å². The normalized spacial score (nSPS) is 12.2. The second-order valence-electron chi connectivity index (χ2n) is 2.59. The third-order valence-corrected chi connectivity index (χ3v) is 2.14. The van der Waals surface area contributed by atoms with Crippen molar-refractivity contribution in [2.24, 2.45) is 0 Å². The number of alkyl halides is 5. The summed E-state index contributed by atoms with van der Waals surface area (Å²) in [6.45, 7) is 0. The number of anilines is 1. The fourth-order valence-electron chi connectivity index (χ4n) is 0.891. The van der Waals surface area contributed by atoms with Crippen LogP contribution in [0, 0.1) is 0 Å². The maximum Gasteiger partial charge on any atom is 0.434 e. The van der Waals surface area contributed by atoms with E-state index in [1.807, 2.05) is 0 Å². The Morgan fingerprint density at radius 3 is 2.27 bits per heavy atom. The Balaban J connectivity index is 3.32. The lowest BCUT2D eigenvalue weighted by Crippen LogP contribution is -2.12. The van der Waals surface area contributed by atoms with E-state index >= 15 is 0 Å². The molecule has 0 amide bonds. The quantitative estimate of drug-likeness (QED) is 0.805. The molecule has 0 aliphatic rings. The van der Waals surface area contributed by atoms with Crippen LogP contribution >= 0.6 is 15.9 Å². The minimum atomic E-state index is -4.73. The van der Waals surface area contributed by atoms with Crippen LogP contribution in [-0.2, 0) is 6.18 Å². The first-order chi connectivity index (χ1) is 6.73. The largest absolute Gasteiger partial charge is 0.434 e. The number of hydrogen-bond acceptors (Lipinski definition) is 2. The molecule has 2 N–H and O–H groups in total. The molecule has 0 bridgehead atoms. The van der Waals surface area contributed by atoms with E-state index in [9.17, 15) is 22.0 Å². The molecule has 0 atom stereocenters. The monoisotopic (exact) mass is 290 g/mol. The maximum atomic E-state index is 12.2. The number of hydrogen-bond donors (Lipinski definition) is 1. The number of halogens is 6. The van der Waals surface area contributed by atoms with E-state index in [4.69, 9.17) is 5.73 Å². The first kappa shape index (κ1) is 12.2. The van der Waals surface area contributed by atoms with Crippen LogP contribution in [0.4, 0.5) is 27.8 Å². The zero-order valence-electron chi connectivity index (χ0n) is 6.95. The van der Waals surface area contributed by atoms with Gasteiger partial charge in [0.1, 0.15) is 5.82 Å². The van der Waals surface area contributed by atoms with E-state index in [1.165, 1.54) is 0 Å². The van der Waals surface area contributed by atoms with Gasteiger partial charge in [-0.05, 0) is 22.0 Å². The van der Waals surface area contributed by atoms with Crippen molar-refractivity contribution in [3.8, 4) is 0 Å². The predicted molar refractivity (Wildman–Crippen MR) is 46.3 cm³/mol. The van der Waals surface area contributed by atoms with Crippen LogP contribution in [0.15, 0.2) is 10.5 Å². The molecule has 0 spiro atoms. The topological polar surface area (TPSA) is 38.9 Å². The molecule has 2 nitrogen and oxygen atoms in total. The Morgan fingerprint density at radius 2 is 1.87 bits per heavy atom. The zero-order chi connectivity index (χ0) is 11.8. The average molecular weight is 291 g/mol. The molecular formula is C7H4BrF5N2. The van der Waals surface area contributed by atoms with Crippen molar-refractivity contribution in [3.63, 3.8) is 0 Å². The number of pyridine rings is 1. The lowest BCUT2D eigenvalue weighted by Gasteiger charge is -2.11. The van der Waals surface area contributed by atoms with Gasteiger partial charge in [-0.25, -0.2) is 13.8 Å². The van der Waals surface area contributed by atoms with E-state index in [0.29, 0.717) is 6.07 Å². The number of nitrogen functional groups attached to an aromatic ring is 1. The van der Waals surface area contributed by atoms with Crippen LogP contribution in [0.2, 0.25) is 0 Å². The predicted octanol–water partition coefficient (Wildman–Crippen LogP) is 3.38. The van der Waals surface area contributed by atoms with Gasteiger partial charge in [-0.1, -0.05) is 0 Å². The Bertz CT molecular complexity index is 376. The van der Waals surface area contributed by atoms with Crippen LogP contribution < -0.4 is 5.73 Å². The van der Waals surface area contributed by atoms with Gasteiger partial charge in [0.05, 0.1) is 5.56 Å². The van der Waals surface area contributed by atoms with Crippen molar-refractivity contribution < 1.29 is 22.0 Å². The number of nitrogens with two attached hydrogens (primary N) is 1. The Labute approximate surface area is 89.4 Å². The Kier molecular flexibility index (Phi) is 3.17. The average Bonchev–Trinajstić information content (AvgIpc) is 2.06. The van der Waals surface area contributed by atoms with Gasteiger partial charge < -0.3 is 5.73 Å². The molecule has 0 aromatic carbocycles. The van der Waals surface area contributed by atoms with Gasteiger partial charge in [0.2, 0.25) is 0 Å². The molecule has 0 unspecified atom stereocenters. The molecule has 0 aliphatic heterocycles. The molecule has 0 saturated heterocycles. The standard InChI is InChI=1S/C7H4BrF5N2/c8-3-1-2(5(9)10)6(14)15-4(3)7(11,12)13/h1,5H,(H2,14,15). The highest BCUT2D eigenvalue weighted by atomic mass is 79.9. The highest BCUT2D eigenvalue weighted by Gasteiger charge is 2.36. The third-order valence-electron chi connectivity index (χ3n) is 1.54. The number of nitrogens with zero attached hydrogens (tertiary/aromatic N) is 1. The van der Waals surface area contributed by atoms with Gasteiger partial charge in [-0.15, -0.1) is 0 Å². The summed E-state index contributed by atoms with van der Waals surface area (Å²) >= 11 is 2.51. The van der Waals surface area contributed by atoms with Crippen LogP contribution in [-0.4, -0.2) is 4.98 Å². The molecule has 0 radical (unpaired) electrons. The summed E-state index contributed by atoms with van der Waals surface area (Å²) in [5.74, 6) is -0.819. The highest BCUT2D eigenvalue weighted by Crippen LogP contribution is 2.36. The summed E-state index contributed by atoms with van der Waals surface area (Å²) in [6, 6.07) is 0.621. The lowest BCUT2D eigenvalue weighted by atomic mass is 10.2. The molecule has 0 aliphatic carbocycles. The summed E-state index contributed by atoms with van der Waals surface area (Å²) in [5, 5.41) is 0. The Hall–Kier alpha value is -0.920. The summed E-state index contributed by atoms with van der Waals surface area (Å²) in [4.78, 5) is 2.89. The molecule has 1 rings (SSSR count). The van der Waals surface area contributed by atoms with E-state index in [-0.39, 0.29) is 0 Å². The molecule has 8 heteroatoms. The minimum absolute atomic E-state index is 0.556. The lowest BCUT2D eigenvalue weighted by molar-refractivity contribution is -0.141. The van der Waals surface area contributed by atoms with Crippen molar-refractivity contribution in [2.75, 3.05) is 5.73 Å². The molecule has 1 aromatic rings. The maximum absolute atomic E-state index is 12.2. The Morgan fingerprint density at radius 1 is 1.33 bits per heavy atom. The summed E-state index contributed by atoms with van der Waals surface area (Å²) in [5.41, 5.74) is 2.93. The zero-order valence-corrected chi connectivity index (χ0v) is 8.53. The van der Waals surface area contributed by atoms with E-state index in [0.717, 1.165) is 0 Å². The molecule has 1 heterocycles. The number of rotatable bonds is 1.